The molecule has 2 fully saturated rings. The first-order valence-corrected chi connectivity index (χ1v) is 8.69. The molecule has 1 saturated carbocycles. The number of amides is 2. The largest absolute Gasteiger partial charge is 0.493 e. The molecule has 0 unspecified atom stereocenters. The van der Waals surface area contributed by atoms with E-state index in [0.717, 1.165) is 25.7 Å². The Morgan fingerprint density at radius 2 is 1.85 bits per heavy atom. The zero-order chi connectivity index (χ0) is 18.7. The Bertz CT molecular complexity index is 759. The van der Waals surface area contributed by atoms with Crippen molar-refractivity contribution in [3.8, 4) is 17.6 Å². The molecule has 2 atom stereocenters. The summed E-state index contributed by atoms with van der Waals surface area (Å²) in [5.74, 6) is -0.854. The standard InChI is InChI=1S/C19H20N2O5/c1-25-16-10-12(11-20)6-7-15(16)26-17(22)8-9-21-18(23)13-4-2-3-5-14(13)19(21)24/h6-7,10,13-14H,2-5,8-9H2,1H3/t13-,14+. The molecular weight excluding hydrogens is 336 g/mol. The van der Waals surface area contributed by atoms with Gasteiger partial charge >= 0.3 is 5.97 Å². The molecule has 1 aromatic rings. The fourth-order valence-electron chi connectivity index (χ4n) is 3.65. The molecule has 2 aliphatic rings. The summed E-state index contributed by atoms with van der Waals surface area (Å²) >= 11 is 0. The van der Waals surface area contributed by atoms with Crippen molar-refractivity contribution in [3.05, 3.63) is 23.8 Å². The summed E-state index contributed by atoms with van der Waals surface area (Å²) in [4.78, 5) is 38.1. The number of rotatable bonds is 5. The van der Waals surface area contributed by atoms with Crippen molar-refractivity contribution in [2.24, 2.45) is 11.8 Å². The summed E-state index contributed by atoms with van der Waals surface area (Å²) in [7, 11) is 1.41. The van der Waals surface area contributed by atoms with Crippen LogP contribution >= 0.6 is 0 Å². The van der Waals surface area contributed by atoms with E-state index in [0.29, 0.717) is 5.56 Å². The molecule has 2 amide bonds. The molecule has 3 rings (SSSR count). The van der Waals surface area contributed by atoms with Crippen LogP contribution in [0.3, 0.4) is 0 Å². The van der Waals surface area contributed by atoms with Gasteiger partial charge in [-0.05, 0) is 25.0 Å². The lowest BCUT2D eigenvalue weighted by Crippen LogP contribution is -2.33. The summed E-state index contributed by atoms with van der Waals surface area (Å²) in [5, 5.41) is 8.89. The summed E-state index contributed by atoms with van der Waals surface area (Å²) in [6.07, 6.45) is 3.35. The van der Waals surface area contributed by atoms with Crippen LogP contribution in [0, 0.1) is 23.2 Å². The third kappa shape index (κ3) is 3.40. The van der Waals surface area contributed by atoms with Gasteiger partial charge in [0.15, 0.2) is 11.5 Å². The third-order valence-electron chi connectivity index (χ3n) is 4.99. The average molecular weight is 356 g/mol. The molecule has 0 N–H and O–H groups in total. The van der Waals surface area contributed by atoms with Crippen molar-refractivity contribution in [1.29, 1.82) is 5.26 Å². The molecule has 26 heavy (non-hydrogen) atoms. The minimum Gasteiger partial charge on any atom is -0.493 e. The van der Waals surface area contributed by atoms with E-state index in [1.165, 1.54) is 30.2 Å². The van der Waals surface area contributed by atoms with Crippen molar-refractivity contribution in [2.45, 2.75) is 32.1 Å². The summed E-state index contributed by atoms with van der Waals surface area (Å²) in [6, 6.07) is 6.45. The molecule has 0 radical (unpaired) electrons. The second kappa shape index (κ2) is 7.56. The number of ether oxygens (including phenoxy) is 2. The first kappa shape index (κ1) is 17.9. The highest BCUT2D eigenvalue weighted by Crippen LogP contribution is 2.38. The third-order valence-corrected chi connectivity index (χ3v) is 4.99. The highest BCUT2D eigenvalue weighted by atomic mass is 16.6. The molecule has 1 heterocycles. The van der Waals surface area contributed by atoms with Gasteiger partial charge in [0.1, 0.15) is 0 Å². The fraction of sp³-hybridized carbons (Fsp3) is 0.474. The molecular formula is C19H20N2O5. The molecule has 0 aromatic heterocycles. The van der Waals surface area contributed by atoms with E-state index < -0.39 is 5.97 Å². The zero-order valence-corrected chi connectivity index (χ0v) is 14.6. The van der Waals surface area contributed by atoms with Crippen LogP contribution in [-0.4, -0.2) is 36.3 Å². The van der Waals surface area contributed by atoms with Crippen molar-refractivity contribution in [2.75, 3.05) is 13.7 Å². The first-order valence-electron chi connectivity index (χ1n) is 8.69. The highest BCUT2D eigenvalue weighted by molar-refractivity contribution is 6.05. The fourth-order valence-corrected chi connectivity index (χ4v) is 3.65. The zero-order valence-electron chi connectivity index (χ0n) is 14.6. The van der Waals surface area contributed by atoms with Gasteiger partial charge < -0.3 is 9.47 Å². The van der Waals surface area contributed by atoms with E-state index in [1.54, 1.807) is 0 Å². The molecule has 1 aliphatic carbocycles. The van der Waals surface area contributed by atoms with Gasteiger partial charge in [0.2, 0.25) is 11.8 Å². The summed E-state index contributed by atoms with van der Waals surface area (Å²) in [6.45, 7) is 0.0299. The van der Waals surface area contributed by atoms with Gasteiger partial charge in [-0.1, -0.05) is 12.8 Å². The van der Waals surface area contributed by atoms with E-state index in [4.69, 9.17) is 14.7 Å². The number of benzene rings is 1. The van der Waals surface area contributed by atoms with Gasteiger partial charge in [-0.25, -0.2) is 0 Å². The molecule has 0 spiro atoms. The Morgan fingerprint density at radius 1 is 1.19 bits per heavy atom. The van der Waals surface area contributed by atoms with E-state index in [-0.39, 0.29) is 48.1 Å². The lowest BCUT2D eigenvalue weighted by Gasteiger charge is -2.19. The van der Waals surface area contributed by atoms with Gasteiger partial charge in [-0.3, -0.25) is 19.3 Å². The van der Waals surface area contributed by atoms with Crippen LogP contribution in [0.1, 0.15) is 37.7 Å². The van der Waals surface area contributed by atoms with Crippen LogP contribution in [0.4, 0.5) is 0 Å². The number of likely N-dealkylation sites (tertiary alicyclic amines) is 1. The van der Waals surface area contributed by atoms with Gasteiger partial charge in [-0.15, -0.1) is 0 Å². The van der Waals surface area contributed by atoms with E-state index in [2.05, 4.69) is 0 Å². The topological polar surface area (TPSA) is 96.7 Å². The lowest BCUT2D eigenvalue weighted by atomic mass is 9.81. The first-order chi connectivity index (χ1) is 12.5. The predicted octanol–water partition coefficient (Wildman–Crippen LogP) is 2.04. The van der Waals surface area contributed by atoms with Gasteiger partial charge in [0.05, 0.1) is 37.0 Å². The summed E-state index contributed by atoms with van der Waals surface area (Å²) in [5.41, 5.74) is 0.387. The van der Waals surface area contributed by atoms with Crippen LogP contribution in [0.5, 0.6) is 11.5 Å². The monoisotopic (exact) mass is 356 g/mol. The van der Waals surface area contributed by atoms with E-state index >= 15 is 0 Å². The number of esters is 1. The van der Waals surface area contributed by atoms with Crippen LogP contribution in [0.15, 0.2) is 18.2 Å². The van der Waals surface area contributed by atoms with Gasteiger partial charge in [0.25, 0.3) is 0 Å². The molecule has 136 valence electrons. The number of hydrogen-bond acceptors (Lipinski definition) is 6. The maximum atomic E-state index is 12.4. The minimum atomic E-state index is -0.566. The van der Waals surface area contributed by atoms with E-state index in [1.807, 2.05) is 6.07 Å². The minimum absolute atomic E-state index is 0.0299. The molecule has 1 saturated heterocycles. The van der Waals surface area contributed by atoms with Crippen molar-refractivity contribution >= 4 is 17.8 Å². The highest BCUT2D eigenvalue weighted by Gasteiger charge is 2.47. The predicted molar refractivity (Wildman–Crippen MR) is 90.1 cm³/mol. The number of nitriles is 1. The van der Waals surface area contributed by atoms with Crippen molar-refractivity contribution in [3.63, 3.8) is 0 Å². The second-order valence-electron chi connectivity index (χ2n) is 6.53. The van der Waals surface area contributed by atoms with Crippen LogP contribution in [0.2, 0.25) is 0 Å². The molecule has 1 aliphatic heterocycles. The molecule has 7 heteroatoms. The SMILES string of the molecule is COc1cc(C#N)ccc1OC(=O)CCN1C(=O)[C@H]2CCCC[C@H]2C1=O. The summed E-state index contributed by atoms with van der Waals surface area (Å²) < 4.78 is 10.4. The Kier molecular flexibility index (Phi) is 5.21. The Balaban J connectivity index is 1.60. The maximum absolute atomic E-state index is 12.4. The number of carbonyl (C=O) groups excluding carboxylic acids is 3. The molecule has 0 bridgehead atoms. The smallest absolute Gasteiger partial charge is 0.313 e. The number of hydrogen-bond donors (Lipinski definition) is 0. The van der Waals surface area contributed by atoms with Crippen molar-refractivity contribution < 1.29 is 23.9 Å². The molecule has 1 aromatic carbocycles. The number of imide groups is 1. The van der Waals surface area contributed by atoms with Crippen LogP contribution in [-0.2, 0) is 14.4 Å². The quantitative estimate of drug-likeness (QED) is 0.455. The van der Waals surface area contributed by atoms with Crippen LogP contribution in [0.25, 0.3) is 0 Å². The number of nitrogens with zero attached hydrogens (tertiary/aromatic N) is 2. The Labute approximate surface area is 151 Å². The number of carbonyl (C=O) groups is 3. The van der Waals surface area contributed by atoms with Gasteiger partial charge in [0, 0.05) is 12.6 Å². The number of fused-ring (bicyclic) bond motifs is 1. The molecule has 7 nitrogen and oxygen atoms in total. The normalized spacial score (nSPS) is 21.9. The van der Waals surface area contributed by atoms with E-state index in [9.17, 15) is 14.4 Å². The van der Waals surface area contributed by atoms with Crippen molar-refractivity contribution in [1.82, 2.24) is 4.90 Å². The van der Waals surface area contributed by atoms with Gasteiger partial charge in [-0.2, -0.15) is 5.26 Å². The second-order valence-corrected chi connectivity index (χ2v) is 6.53. The lowest BCUT2D eigenvalue weighted by molar-refractivity contribution is -0.141. The Morgan fingerprint density at radius 3 is 2.42 bits per heavy atom. The average Bonchev–Trinajstić information content (AvgIpc) is 2.91. The number of methoxy groups -OCH3 is 1. The Hall–Kier alpha value is -2.88. The maximum Gasteiger partial charge on any atom is 0.313 e. The van der Waals surface area contributed by atoms with Crippen LogP contribution < -0.4 is 9.47 Å².